The van der Waals surface area contributed by atoms with E-state index in [1.165, 1.54) is 51.2 Å². The first-order chi connectivity index (χ1) is 14.8. The van der Waals surface area contributed by atoms with Crippen molar-refractivity contribution >= 4 is 66.9 Å². The Morgan fingerprint density at radius 1 is 1.06 bits per heavy atom. The number of thiophene rings is 1. The van der Waals surface area contributed by atoms with E-state index in [-0.39, 0.29) is 10.8 Å². The molecule has 0 unspecified atom stereocenters. The Morgan fingerprint density at radius 2 is 1.74 bits per heavy atom. The number of aromatic nitrogens is 1. The standard InChI is InChI=1S/C20H19Cl2N3O3S3/c21-17-11-15(18(22)30-17)16-12-29-20(23-16)24-19(26)13-5-7-14(8-6-13)31(27,28)25-9-3-1-2-4-10-25/h5-8,11-12H,1-4,9-10H2,(H,23,24,26). The number of benzene rings is 1. The summed E-state index contributed by atoms with van der Waals surface area (Å²) >= 11 is 14.7. The van der Waals surface area contributed by atoms with Crippen molar-refractivity contribution in [2.75, 3.05) is 18.4 Å². The predicted molar refractivity (Wildman–Crippen MR) is 127 cm³/mol. The number of thiazole rings is 1. The molecule has 1 aliphatic rings. The second kappa shape index (κ2) is 9.56. The molecule has 1 aromatic carbocycles. The number of amides is 1. The maximum Gasteiger partial charge on any atom is 0.257 e. The molecule has 1 aliphatic heterocycles. The van der Waals surface area contributed by atoms with Crippen LogP contribution in [0.1, 0.15) is 36.0 Å². The van der Waals surface area contributed by atoms with E-state index in [9.17, 15) is 13.2 Å². The summed E-state index contributed by atoms with van der Waals surface area (Å²) in [5.74, 6) is -0.367. The van der Waals surface area contributed by atoms with Crippen molar-refractivity contribution in [3.8, 4) is 11.3 Å². The molecule has 31 heavy (non-hydrogen) atoms. The summed E-state index contributed by atoms with van der Waals surface area (Å²) in [7, 11) is -3.55. The molecule has 6 nitrogen and oxygen atoms in total. The summed E-state index contributed by atoms with van der Waals surface area (Å²) in [6.07, 6.45) is 3.85. The molecule has 0 atom stereocenters. The van der Waals surface area contributed by atoms with Crippen molar-refractivity contribution in [3.05, 3.63) is 49.9 Å². The van der Waals surface area contributed by atoms with Crippen molar-refractivity contribution < 1.29 is 13.2 Å². The average molecular weight is 516 g/mol. The number of nitrogens with one attached hydrogen (secondary N) is 1. The molecule has 1 saturated heterocycles. The van der Waals surface area contributed by atoms with Gasteiger partial charge in [0.25, 0.3) is 5.91 Å². The molecule has 0 radical (unpaired) electrons. The van der Waals surface area contributed by atoms with Gasteiger partial charge in [-0.05, 0) is 43.2 Å². The molecule has 3 aromatic rings. The summed E-state index contributed by atoms with van der Waals surface area (Å²) in [6, 6.07) is 7.73. The minimum absolute atomic E-state index is 0.200. The maximum absolute atomic E-state index is 12.9. The number of hydrogen-bond donors (Lipinski definition) is 1. The Bertz CT molecular complexity index is 1180. The van der Waals surface area contributed by atoms with Crippen LogP contribution in [0.5, 0.6) is 0 Å². The highest BCUT2D eigenvalue weighted by Gasteiger charge is 2.25. The highest BCUT2D eigenvalue weighted by Crippen LogP contribution is 2.39. The molecule has 3 heterocycles. The Labute approximate surface area is 198 Å². The lowest BCUT2D eigenvalue weighted by Crippen LogP contribution is -2.31. The van der Waals surface area contributed by atoms with Crippen LogP contribution in [0.15, 0.2) is 40.6 Å². The molecule has 1 fully saturated rings. The number of sulfonamides is 1. The first kappa shape index (κ1) is 22.7. The summed E-state index contributed by atoms with van der Waals surface area (Å²) in [5, 5.41) is 4.95. The number of rotatable bonds is 5. The fourth-order valence-electron chi connectivity index (χ4n) is 3.35. The SMILES string of the molecule is O=C(Nc1nc(-c2cc(Cl)sc2Cl)cs1)c1ccc(S(=O)(=O)N2CCCCCC2)cc1. The fraction of sp³-hybridized carbons (Fsp3) is 0.300. The van der Waals surface area contributed by atoms with Crippen LogP contribution >= 0.6 is 45.9 Å². The minimum atomic E-state index is -3.55. The highest BCUT2D eigenvalue weighted by molar-refractivity contribution is 7.89. The molecule has 11 heteroatoms. The summed E-state index contributed by atoms with van der Waals surface area (Å²) in [6.45, 7) is 1.08. The second-order valence-electron chi connectivity index (χ2n) is 7.07. The van der Waals surface area contributed by atoms with Gasteiger partial charge in [0.15, 0.2) is 5.13 Å². The third kappa shape index (κ3) is 5.13. The number of hydrogen-bond acceptors (Lipinski definition) is 6. The van der Waals surface area contributed by atoms with E-state index in [0.29, 0.717) is 38.2 Å². The Morgan fingerprint density at radius 3 is 2.35 bits per heavy atom. The zero-order chi connectivity index (χ0) is 22.0. The van der Waals surface area contributed by atoms with Gasteiger partial charge in [-0.3, -0.25) is 10.1 Å². The van der Waals surface area contributed by atoms with Crippen LogP contribution in [0, 0.1) is 0 Å². The van der Waals surface area contributed by atoms with Crippen LogP contribution in [0.25, 0.3) is 11.3 Å². The number of anilines is 1. The average Bonchev–Trinajstić information content (AvgIpc) is 3.21. The molecular formula is C20H19Cl2N3O3S3. The largest absolute Gasteiger partial charge is 0.298 e. The van der Waals surface area contributed by atoms with E-state index in [2.05, 4.69) is 10.3 Å². The van der Waals surface area contributed by atoms with Crippen molar-refractivity contribution in [1.82, 2.24) is 9.29 Å². The van der Waals surface area contributed by atoms with Gasteiger partial charge in [0.2, 0.25) is 10.0 Å². The molecule has 1 amide bonds. The van der Waals surface area contributed by atoms with Gasteiger partial charge in [-0.2, -0.15) is 4.31 Å². The minimum Gasteiger partial charge on any atom is -0.298 e. The Hall–Kier alpha value is -1.49. The van der Waals surface area contributed by atoms with Crippen LogP contribution < -0.4 is 5.32 Å². The molecule has 164 valence electrons. The quantitative estimate of drug-likeness (QED) is 0.452. The zero-order valence-electron chi connectivity index (χ0n) is 16.3. The molecular weight excluding hydrogens is 497 g/mol. The Balaban J connectivity index is 1.46. The van der Waals surface area contributed by atoms with Gasteiger partial charge in [-0.1, -0.05) is 36.0 Å². The van der Waals surface area contributed by atoms with Gasteiger partial charge >= 0.3 is 0 Å². The number of halogens is 2. The van der Waals surface area contributed by atoms with Gasteiger partial charge in [0, 0.05) is 29.6 Å². The normalized spacial score (nSPS) is 15.5. The molecule has 0 saturated carbocycles. The lowest BCUT2D eigenvalue weighted by atomic mass is 10.2. The van der Waals surface area contributed by atoms with E-state index < -0.39 is 10.0 Å². The predicted octanol–water partition coefficient (Wildman–Crippen LogP) is 6.00. The van der Waals surface area contributed by atoms with Gasteiger partial charge < -0.3 is 0 Å². The van der Waals surface area contributed by atoms with E-state index in [1.54, 1.807) is 11.4 Å². The van der Waals surface area contributed by atoms with Gasteiger partial charge in [0.1, 0.15) is 4.34 Å². The highest BCUT2D eigenvalue weighted by atomic mass is 35.5. The lowest BCUT2D eigenvalue weighted by Gasteiger charge is -2.20. The van der Waals surface area contributed by atoms with E-state index in [0.717, 1.165) is 31.2 Å². The van der Waals surface area contributed by atoms with E-state index >= 15 is 0 Å². The zero-order valence-corrected chi connectivity index (χ0v) is 20.3. The second-order valence-corrected chi connectivity index (χ2v) is 12.2. The molecule has 0 bridgehead atoms. The van der Waals surface area contributed by atoms with Gasteiger partial charge in [-0.15, -0.1) is 22.7 Å². The maximum atomic E-state index is 12.9. The molecule has 0 aliphatic carbocycles. The third-order valence-electron chi connectivity index (χ3n) is 4.98. The number of nitrogens with zero attached hydrogens (tertiary/aromatic N) is 2. The van der Waals surface area contributed by atoms with Crippen LogP contribution in [0.4, 0.5) is 5.13 Å². The summed E-state index contributed by atoms with van der Waals surface area (Å²) in [4.78, 5) is 17.2. The summed E-state index contributed by atoms with van der Waals surface area (Å²) in [5.41, 5.74) is 1.70. The van der Waals surface area contributed by atoms with Gasteiger partial charge in [-0.25, -0.2) is 13.4 Å². The van der Waals surface area contributed by atoms with Crippen LogP contribution in [0.3, 0.4) is 0 Å². The monoisotopic (exact) mass is 515 g/mol. The molecule has 2 aromatic heterocycles. The van der Waals surface area contributed by atoms with Crippen LogP contribution in [0.2, 0.25) is 8.67 Å². The van der Waals surface area contributed by atoms with Crippen molar-refractivity contribution in [2.45, 2.75) is 30.6 Å². The third-order valence-corrected chi connectivity index (χ3v) is 9.13. The van der Waals surface area contributed by atoms with Crippen LogP contribution in [-0.4, -0.2) is 36.7 Å². The van der Waals surface area contributed by atoms with E-state index in [4.69, 9.17) is 23.2 Å². The number of carbonyl (C=O) groups excluding carboxylic acids is 1. The lowest BCUT2D eigenvalue weighted by molar-refractivity contribution is 0.102. The van der Waals surface area contributed by atoms with E-state index in [1.807, 2.05) is 0 Å². The summed E-state index contributed by atoms with van der Waals surface area (Å²) < 4.78 is 28.4. The van der Waals surface area contributed by atoms with Crippen molar-refractivity contribution in [3.63, 3.8) is 0 Å². The Kier molecular flexibility index (Phi) is 7.00. The van der Waals surface area contributed by atoms with Crippen molar-refractivity contribution in [1.29, 1.82) is 0 Å². The first-order valence-electron chi connectivity index (χ1n) is 9.67. The first-order valence-corrected chi connectivity index (χ1v) is 13.6. The van der Waals surface area contributed by atoms with Crippen molar-refractivity contribution in [2.24, 2.45) is 0 Å². The molecule has 0 spiro atoms. The smallest absolute Gasteiger partial charge is 0.257 e. The topological polar surface area (TPSA) is 79.4 Å². The molecule has 4 rings (SSSR count). The number of carbonyl (C=O) groups is 1. The van der Waals surface area contributed by atoms with Gasteiger partial charge in [0.05, 0.1) is 14.9 Å². The molecule has 1 N–H and O–H groups in total. The van der Waals surface area contributed by atoms with Crippen LogP contribution in [-0.2, 0) is 10.0 Å². The fourth-order valence-corrected chi connectivity index (χ4v) is 7.05.